The Kier molecular flexibility index (Phi) is 6.12. The van der Waals surface area contributed by atoms with Crippen molar-refractivity contribution >= 4 is 17.3 Å². The average Bonchev–Trinajstić information content (AvgIpc) is 3.27. The first-order valence-electron chi connectivity index (χ1n) is 10.3. The lowest BCUT2D eigenvalue weighted by atomic mass is 10.1. The standard InChI is InChI=1S/C23H28N2O3/c26-23(18-6-12-21(13-7-18)28-17-22-5-4-16-27-22)24-19-8-10-20(11-9-19)25-14-2-1-3-15-25/h6-13,22H,1-5,14-17H2,(H,24,26)/t22-/m0/s1. The van der Waals surface area contributed by atoms with Gasteiger partial charge in [0.15, 0.2) is 0 Å². The molecule has 2 heterocycles. The van der Waals surface area contributed by atoms with Gasteiger partial charge in [-0.3, -0.25) is 4.79 Å². The van der Waals surface area contributed by atoms with E-state index in [1.165, 1.54) is 24.9 Å². The van der Waals surface area contributed by atoms with Gasteiger partial charge in [-0.2, -0.15) is 0 Å². The second kappa shape index (κ2) is 9.11. The number of anilines is 2. The Morgan fingerprint density at radius 2 is 1.75 bits per heavy atom. The number of hydrogen-bond donors (Lipinski definition) is 1. The molecule has 5 heteroatoms. The minimum absolute atomic E-state index is 0.114. The SMILES string of the molecule is O=C(Nc1ccc(N2CCCCC2)cc1)c1ccc(OC[C@@H]2CCCO2)cc1. The van der Waals surface area contributed by atoms with Crippen LogP contribution in [0.4, 0.5) is 11.4 Å². The van der Waals surface area contributed by atoms with Gasteiger partial charge in [0, 0.05) is 36.6 Å². The van der Waals surface area contributed by atoms with Gasteiger partial charge in [-0.15, -0.1) is 0 Å². The Bertz CT molecular complexity index is 761. The predicted molar refractivity (Wildman–Crippen MR) is 111 cm³/mol. The lowest BCUT2D eigenvalue weighted by Crippen LogP contribution is -2.29. The summed E-state index contributed by atoms with van der Waals surface area (Å²) in [7, 11) is 0. The molecule has 2 fully saturated rings. The molecule has 1 atom stereocenters. The summed E-state index contributed by atoms with van der Waals surface area (Å²) in [6.45, 7) is 3.63. The van der Waals surface area contributed by atoms with Crippen molar-refractivity contribution in [1.29, 1.82) is 0 Å². The van der Waals surface area contributed by atoms with Gasteiger partial charge in [0.2, 0.25) is 0 Å². The molecule has 2 saturated heterocycles. The third-order valence-electron chi connectivity index (χ3n) is 5.42. The van der Waals surface area contributed by atoms with Crippen LogP contribution in [0.5, 0.6) is 5.75 Å². The van der Waals surface area contributed by atoms with Crippen molar-refractivity contribution < 1.29 is 14.3 Å². The van der Waals surface area contributed by atoms with Crippen molar-refractivity contribution in [1.82, 2.24) is 0 Å². The molecule has 0 unspecified atom stereocenters. The molecule has 1 amide bonds. The van der Waals surface area contributed by atoms with Crippen molar-refractivity contribution in [2.45, 2.75) is 38.2 Å². The summed E-state index contributed by atoms with van der Waals surface area (Å²) in [6.07, 6.45) is 6.18. The summed E-state index contributed by atoms with van der Waals surface area (Å²) in [4.78, 5) is 14.9. The zero-order chi connectivity index (χ0) is 19.2. The molecular weight excluding hydrogens is 352 g/mol. The molecule has 2 aromatic rings. The highest BCUT2D eigenvalue weighted by molar-refractivity contribution is 6.04. The largest absolute Gasteiger partial charge is 0.491 e. The topological polar surface area (TPSA) is 50.8 Å². The first-order chi connectivity index (χ1) is 13.8. The summed E-state index contributed by atoms with van der Waals surface area (Å²) < 4.78 is 11.3. The molecule has 4 rings (SSSR count). The molecule has 28 heavy (non-hydrogen) atoms. The molecule has 0 saturated carbocycles. The van der Waals surface area contributed by atoms with Gasteiger partial charge < -0.3 is 19.7 Å². The number of nitrogens with zero attached hydrogens (tertiary/aromatic N) is 1. The van der Waals surface area contributed by atoms with Crippen molar-refractivity contribution in [2.75, 3.05) is 36.5 Å². The number of ether oxygens (including phenoxy) is 2. The molecule has 0 aromatic heterocycles. The monoisotopic (exact) mass is 380 g/mol. The maximum atomic E-state index is 12.5. The van der Waals surface area contributed by atoms with E-state index >= 15 is 0 Å². The third kappa shape index (κ3) is 4.84. The minimum Gasteiger partial charge on any atom is -0.491 e. The van der Waals surface area contributed by atoms with E-state index in [0.29, 0.717) is 12.2 Å². The molecule has 0 aliphatic carbocycles. The Labute approximate surface area is 166 Å². The number of hydrogen-bond acceptors (Lipinski definition) is 4. The van der Waals surface area contributed by atoms with Gasteiger partial charge in [0.25, 0.3) is 5.91 Å². The number of carbonyl (C=O) groups excluding carboxylic acids is 1. The molecule has 2 aliphatic rings. The van der Waals surface area contributed by atoms with E-state index in [1.54, 1.807) is 12.1 Å². The highest BCUT2D eigenvalue weighted by Crippen LogP contribution is 2.22. The van der Waals surface area contributed by atoms with Crippen LogP contribution in [0.3, 0.4) is 0 Å². The van der Waals surface area contributed by atoms with Crippen molar-refractivity contribution in [3.63, 3.8) is 0 Å². The van der Waals surface area contributed by atoms with Crippen molar-refractivity contribution in [3.8, 4) is 5.75 Å². The number of benzene rings is 2. The zero-order valence-corrected chi connectivity index (χ0v) is 16.2. The van der Waals surface area contributed by atoms with Crippen LogP contribution >= 0.6 is 0 Å². The summed E-state index contributed by atoms with van der Waals surface area (Å²) in [5, 5.41) is 2.97. The van der Waals surface area contributed by atoms with Gasteiger partial charge in [-0.1, -0.05) is 0 Å². The van der Waals surface area contributed by atoms with Gasteiger partial charge in [0.1, 0.15) is 12.4 Å². The Hall–Kier alpha value is -2.53. The number of piperidine rings is 1. The first kappa shape index (κ1) is 18.8. The zero-order valence-electron chi connectivity index (χ0n) is 16.2. The maximum Gasteiger partial charge on any atom is 0.255 e. The molecule has 2 aromatic carbocycles. The quantitative estimate of drug-likeness (QED) is 0.802. The van der Waals surface area contributed by atoms with Crippen LogP contribution in [0.15, 0.2) is 48.5 Å². The van der Waals surface area contributed by atoms with Crippen LogP contribution in [0.2, 0.25) is 0 Å². The van der Waals surface area contributed by atoms with Gasteiger partial charge >= 0.3 is 0 Å². The molecule has 2 aliphatic heterocycles. The first-order valence-corrected chi connectivity index (χ1v) is 10.3. The molecule has 0 radical (unpaired) electrons. The van der Waals surface area contributed by atoms with E-state index in [9.17, 15) is 4.79 Å². The Morgan fingerprint density at radius 1 is 1.00 bits per heavy atom. The fourth-order valence-electron chi connectivity index (χ4n) is 3.78. The number of carbonyl (C=O) groups is 1. The fraction of sp³-hybridized carbons (Fsp3) is 0.435. The van der Waals surface area contributed by atoms with Crippen LogP contribution in [0.1, 0.15) is 42.5 Å². The normalized spacial score (nSPS) is 19.4. The van der Waals surface area contributed by atoms with Gasteiger partial charge in [-0.25, -0.2) is 0 Å². The predicted octanol–water partition coefficient (Wildman–Crippen LogP) is 4.49. The maximum absolute atomic E-state index is 12.5. The summed E-state index contributed by atoms with van der Waals surface area (Å²) in [5.74, 6) is 0.648. The average molecular weight is 380 g/mol. The van der Waals surface area contributed by atoms with Crippen LogP contribution < -0.4 is 15.0 Å². The second-order valence-electron chi connectivity index (χ2n) is 7.52. The minimum atomic E-state index is -0.114. The highest BCUT2D eigenvalue weighted by atomic mass is 16.5. The highest BCUT2D eigenvalue weighted by Gasteiger charge is 2.16. The van der Waals surface area contributed by atoms with Crippen LogP contribution in [0, 0.1) is 0 Å². The van der Waals surface area contributed by atoms with Gasteiger partial charge in [-0.05, 0) is 80.6 Å². The lowest BCUT2D eigenvalue weighted by Gasteiger charge is -2.28. The molecule has 5 nitrogen and oxygen atoms in total. The summed E-state index contributed by atoms with van der Waals surface area (Å²) in [6, 6.07) is 15.4. The molecule has 1 N–H and O–H groups in total. The van der Waals surface area contributed by atoms with Gasteiger partial charge in [0.05, 0.1) is 6.10 Å². The molecular formula is C23H28N2O3. The van der Waals surface area contributed by atoms with E-state index in [1.807, 2.05) is 24.3 Å². The lowest BCUT2D eigenvalue weighted by molar-refractivity contribution is 0.0679. The van der Waals surface area contributed by atoms with E-state index in [-0.39, 0.29) is 12.0 Å². The van der Waals surface area contributed by atoms with Crippen molar-refractivity contribution in [3.05, 3.63) is 54.1 Å². The second-order valence-corrected chi connectivity index (χ2v) is 7.52. The summed E-state index contributed by atoms with van der Waals surface area (Å²) in [5.41, 5.74) is 2.65. The smallest absolute Gasteiger partial charge is 0.255 e. The number of rotatable bonds is 6. The Morgan fingerprint density at radius 3 is 2.43 bits per heavy atom. The van der Waals surface area contributed by atoms with E-state index < -0.39 is 0 Å². The van der Waals surface area contributed by atoms with E-state index in [4.69, 9.17) is 9.47 Å². The fourth-order valence-corrected chi connectivity index (χ4v) is 3.78. The third-order valence-corrected chi connectivity index (χ3v) is 5.42. The summed E-state index contributed by atoms with van der Waals surface area (Å²) >= 11 is 0. The molecule has 0 bridgehead atoms. The Balaban J connectivity index is 1.30. The van der Waals surface area contributed by atoms with Crippen LogP contribution in [-0.4, -0.2) is 38.3 Å². The van der Waals surface area contributed by atoms with E-state index in [0.717, 1.165) is 44.0 Å². The van der Waals surface area contributed by atoms with Crippen LogP contribution in [0.25, 0.3) is 0 Å². The van der Waals surface area contributed by atoms with Crippen molar-refractivity contribution in [2.24, 2.45) is 0 Å². The number of amides is 1. The number of nitrogens with one attached hydrogen (secondary N) is 1. The molecule has 148 valence electrons. The van der Waals surface area contributed by atoms with E-state index in [2.05, 4.69) is 22.3 Å². The molecule has 0 spiro atoms. The van der Waals surface area contributed by atoms with Crippen LogP contribution in [-0.2, 0) is 4.74 Å².